The fourth-order valence-corrected chi connectivity index (χ4v) is 5.66. The second-order valence-corrected chi connectivity index (χ2v) is 10.6. The second kappa shape index (κ2) is 6.12. The average Bonchev–Trinajstić information content (AvgIpc) is 3.08. The maximum absolute atomic E-state index is 12.9. The highest BCUT2D eigenvalue weighted by Gasteiger charge is 2.68. The number of carbonyl (C=O) groups is 1. The molecule has 1 aliphatic heterocycles. The highest BCUT2D eigenvalue weighted by molar-refractivity contribution is 7.89. The highest BCUT2D eigenvalue weighted by atomic mass is 35.5. The lowest BCUT2D eigenvalue weighted by Crippen LogP contribution is -2.52. The molecule has 5 nitrogen and oxygen atoms in total. The van der Waals surface area contributed by atoms with Crippen molar-refractivity contribution < 1.29 is 13.2 Å². The van der Waals surface area contributed by atoms with Crippen molar-refractivity contribution in [2.75, 3.05) is 26.2 Å². The van der Waals surface area contributed by atoms with Crippen LogP contribution >= 0.6 is 23.2 Å². The molecule has 0 aromatic heterocycles. The van der Waals surface area contributed by atoms with Crippen LogP contribution in [-0.4, -0.2) is 54.0 Å². The molecule has 2 aliphatic rings. The Balaban J connectivity index is 1.72. The van der Waals surface area contributed by atoms with Crippen LogP contribution in [0.15, 0.2) is 23.1 Å². The lowest BCUT2D eigenvalue weighted by atomic mass is 10.1. The van der Waals surface area contributed by atoms with Crippen LogP contribution in [0.3, 0.4) is 0 Å². The summed E-state index contributed by atoms with van der Waals surface area (Å²) >= 11 is 12.2. The van der Waals surface area contributed by atoms with Crippen molar-refractivity contribution >= 4 is 39.1 Å². The third-order valence-electron chi connectivity index (χ3n) is 5.22. The number of halogens is 2. The van der Waals surface area contributed by atoms with Crippen LogP contribution < -0.4 is 0 Å². The lowest BCUT2D eigenvalue weighted by molar-refractivity contribution is -0.137. The van der Waals surface area contributed by atoms with Gasteiger partial charge >= 0.3 is 0 Å². The molecule has 1 aromatic carbocycles. The van der Waals surface area contributed by atoms with Crippen molar-refractivity contribution in [2.24, 2.45) is 5.41 Å². The van der Waals surface area contributed by atoms with Gasteiger partial charge in [-0.25, -0.2) is 8.42 Å². The normalized spacial score (nSPS) is 26.5. The monoisotopic (exact) mass is 404 g/mol. The van der Waals surface area contributed by atoms with E-state index < -0.39 is 19.8 Å². The van der Waals surface area contributed by atoms with E-state index in [4.69, 9.17) is 23.2 Å². The molecule has 0 unspecified atom stereocenters. The van der Waals surface area contributed by atoms with Crippen molar-refractivity contribution in [3.8, 4) is 0 Å². The van der Waals surface area contributed by atoms with Gasteiger partial charge in [0.2, 0.25) is 15.9 Å². The number of carbonyl (C=O) groups excluding carboxylic acids is 1. The van der Waals surface area contributed by atoms with E-state index in [2.05, 4.69) is 0 Å². The lowest BCUT2D eigenvalue weighted by Gasteiger charge is -2.35. The molecule has 0 spiro atoms. The van der Waals surface area contributed by atoms with Crippen LogP contribution in [0, 0.1) is 19.3 Å². The number of hydrogen-bond donors (Lipinski definition) is 0. The van der Waals surface area contributed by atoms with E-state index in [0.29, 0.717) is 24.4 Å². The molecule has 138 valence electrons. The number of rotatable bonds is 3. The van der Waals surface area contributed by atoms with Crippen molar-refractivity contribution in [1.29, 1.82) is 0 Å². The van der Waals surface area contributed by atoms with E-state index in [-0.39, 0.29) is 19.0 Å². The van der Waals surface area contributed by atoms with Crippen molar-refractivity contribution in [3.63, 3.8) is 0 Å². The molecule has 0 N–H and O–H groups in total. The summed E-state index contributed by atoms with van der Waals surface area (Å²) in [6, 6.07) is 5.41. The van der Waals surface area contributed by atoms with E-state index in [1.54, 1.807) is 24.8 Å². The summed E-state index contributed by atoms with van der Waals surface area (Å²) in [7, 11) is -3.56. The zero-order valence-electron chi connectivity index (χ0n) is 14.6. The predicted molar refractivity (Wildman–Crippen MR) is 98.4 cm³/mol. The Kier molecular flexibility index (Phi) is 4.64. The van der Waals surface area contributed by atoms with E-state index in [9.17, 15) is 13.2 Å². The summed E-state index contributed by atoms with van der Waals surface area (Å²) in [6.45, 7) is 6.67. The Hall–Kier alpha value is -0.820. The smallest absolute Gasteiger partial charge is 0.243 e. The van der Waals surface area contributed by atoms with Gasteiger partial charge in [0.05, 0.1) is 10.3 Å². The van der Waals surface area contributed by atoms with Crippen LogP contribution in [0.1, 0.15) is 24.5 Å². The maximum Gasteiger partial charge on any atom is 0.243 e. The molecule has 1 aromatic rings. The van der Waals surface area contributed by atoms with Gasteiger partial charge in [0.25, 0.3) is 0 Å². The molecule has 1 atom stereocenters. The van der Waals surface area contributed by atoms with Gasteiger partial charge in [0.1, 0.15) is 4.33 Å². The molecule has 0 bridgehead atoms. The Labute approximate surface area is 158 Å². The van der Waals surface area contributed by atoms with Gasteiger partial charge < -0.3 is 4.90 Å². The Morgan fingerprint density at radius 2 is 1.68 bits per heavy atom. The predicted octanol–water partition coefficient (Wildman–Crippen LogP) is 2.72. The Morgan fingerprint density at radius 3 is 2.20 bits per heavy atom. The topological polar surface area (TPSA) is 57.7 Å². The van der Waals surface area contributed by atoms with E-state index >= 15 is 0 Å². The zero-order chi connectivity index (χ0) is 18.6. The summed E-state index contributed by atoms with van der Waals surface area (Å²) in [5.74, 6) is -0.0960. The molecule has 1 saturated heterocycles. The minimum atomic E-state index is -3.56. The van der Waals surface area contributed by atoms with E-state index in [1.807, 2.05) is 19.1 Å². The number of benzene rings is 1. The second-order valence-electron chi connectivity index (χ2n) is 7.18. The fourth-order valence-electron chi connectivity index (χ4n) is 3.24. The maximum atomic E-state index is 12.9. The minimum Gasteiger partial charge on any atom is -0.339 e. The first-order chi connectivity index (χ1) is 11.5. The standard InChI is InChI=1S/C17H22Cl2N2O3S/c1-12-4-5-13(2)14(10-12)25(23,24)21-8-6-20(7-9-21)15(22)16(3)11-17(16,18)19/h4-5,10H,6-9,11H2,1-3H3/t16-/m0/s1. The number of nitrogens with zero attached hydrogens (tertiary/aromatic N) is 2. The Morgan fingerprint density at radius 1 is 1.12 bits per heavy atom. The summed E-state index contributed by atoms with van der Waals surface area (Å²) in [6.07, 6.45) is 0.433. The van der Waals surface area contributed by atoms with Crippen molar-refractivity contribution in [1.82, 2.24) is 9.21 Å². The largest absolute Gasteiger partial charge is 0.339 e. The Bertz CT molecular complexity index is 817. The molecule has 1 amide bonds. The van der Waals surface area contributed by atoms with Crippen molar-refractivity contribution in [3.05, 3.63) is 29.3 Å². The molecule has 3 rings (SSSR count). The van der Waals surface area contributed by atoms with Gasteiger partial charge in [-0.2, -0.15) is 4.31 Å². The van der Waals surface area contributed by atoms with Crippen LogP contribution in [-0.2, 0) is 14.8 Å². The molecule has 1 aliphatic carbocycles. The molecular weight excluding hydrogens is 383 g/mol. The SMILES string of the molecule is Cc1ccc(C)c(S(=O)(=O)N2CCN(C(=O)[C@]3(C)CC3(Cl)Cl)CC2)c1. The summed E-state index contributed by atoms with van der Waals surface area (Å²) < 4.78 is 26.3. The summed E-state index contributed by atoms with van der Waals surface area (Å²) in [4.78, 5) is 14.6. The first kappa shape index (κ1) is 19.0. The molecule has 2 fully saturated rings. The van der Waals surface area contributed by atoms with Gasteiger partial charge in [-0.15, -0.1) is 23.2 Å². The van der Waals surface area contributed by atoms with Crippen LogP contribution in [0.4, 0.5) is 0 Å². The molecule has 1 heterocycles. The average molecular weight is 405 g/mol. The van der Waals surface area contributed by atoms with Gasteiger partial charge in [0, 0.05) is 26.2 Å². The van der Waals surface area contributed by atoms with Gasteiger partial charge in [-0.1, -0.05) is 12.1 Å². The van der Waals surface area contributed by atoms with Crippen LogP contribution in [0.25, 0.3) is 0 Å². The molecule has 0 radical (unpaired) electrons. The zero-order valence-corrected chi connectivity index (χ0v) is 16.9. The van der Waals surface area contributed by atoms with E-state index in [1.165, 1.54) is 4.31 Å². The summed E-state index contributed by atoms with van der Waals surface area (Å²) in [5, 5.41) is 0. The van der Waals surface area contributed by atoms with Crippen molar-refractivity contribution in [2.45, 2.75) is 36.4 Å². The van der Waals surface area contributed by atoms with Crippen LogP contribution in [0.2, 0.25) is 0 Å². The number of alkyl halides is 2. The molecular formula is C17H22Cl2N2O3S. The van der Waals surface area contributed by atoms with Crippen LogP contribution in [0.5, 0.6) is 0 Å². The number of hydrogen-bond acceptors (Lipinski definition) is 3. The minimum absolute atomic E-state index is 0.0960. The first-order valence-electron chi connectivity index (χ1n) is 8.24. The number of sulfonamides is 1. The third kappa shape index (κ3) is 3.18. The summed E-state index contributed by atoms with van der Waals surface area (Å²) in [5.41, 5.74) is 0.869. The van der Waals surface area contributed by atoms with Gasteiger partial charge in [-0.05, 0) is 44.4 Å². The first-order valence-corrected chi connectivity index (χ1v) is 10.4. The fraction of sp³-hybridized carbons (Fsp3) is 0.588. The number of aryl methyl sites for hydroxylation is 2. The van der Waals surface area contributed by atoms with Gasteiger partial charge in [0.15, 0.2) is 0 Å². The molecule has 1 saturated carbocycles. The third-order valence-corrected chi connectivity index (χ3v) is 8.36. The van der Waals surface area contributed by atoms with Gasteiger partial charge in [-0.3, -0.25) is 4.79 Å². The highest BCUT2D eigenvalue weighted by Crippen LogP contribution is 2.64. The molecule has 8 heteroatoms. The number of amides is 1. The number of piperazine rings is 1. The molecule has 25 heavy (non-hydrogen) atoms. The quantitative estimate of drug-likeness (QED) is 0.727. The van der Waals surface area contributed by atoms with E-state index in [0.717, 1.165) is 11.1 Å².